The average Bonchev–Trinajstić information content (AvgIpc) is 2.75. The van der Waals surface area contributed by atoms with Crippen LogP contribution in [0.2, 0.25) is 5.02 Å². The molecule has 0 N–H and O–H groups in total. The molecule has 0 unspecified atom stereocenters. The monoisotopic (exact) mass is 400 g/mol. The van der Waals surface area contributed by atoms with Gasteiger partial charge in [0.05, 0.1) is 30.6 Å². The van der Waals surface area contributed by atoms with E-state index in [-0.39, 0.29) is 0 Å². The fraction of sp³-hybridized carbons (Fsp3) is 0.476. The van der Waals surface area contributed by atoms with Crippen LogP contribution in [0.4, 0.5) is 0 Å². The predicted molar refractivity (Wildman–Crippen MR) is 110 cm³/mol. The molecule has 148 valence electrons. The molecule has 0 saturated carbocycles. The van der Waals surface area contributed by atoms with Gasteiger partial charge in [0, 0.05) is 44.4 Å². The number of fused-ring (bicyclic) bond motifs is 1. The minimum atomic E-state index is 0.584. The van der Waals surface area contributed by atoms with Crippen LogP contribution in [0.5, 0.6) is 11.5 Å². The van der Waals surface area contributed by atoms with Gasteiger partial charge in [0.2, 0.25) is 0 Å². The van der Waals surface area contributed by atoms with Crippen molar-refractivity contribution in [1.82, 2.24) is 14.9 Å². The predicted octanol–water partition coefficient (Wildman–Crippen LogP) is 3.68. The highest BCUT2D eigenvalue weighted by molar-refractivity contribution is 6.33. The lowest BCUT2D eigenvalue weighted by Gasteiger charge is -2.28. The molecule has 6 nitrogen and oxygen atoms in total. The molecule has 0 aliphatic carbocycles. The maximum atomic E-state index is 6.55. The number of methoxy groups -OCH3 is 2. The van der Waals surface area contributed by atoms with E-state index < -0.39 is 0 Å². The van der Waals surface area contributed by atoms with Crippen LogP contribution in [-0.2, 0) is 19.5 Å². The molecular weight excluding hydrogens is 376 g/mol. The molecule has 28 heavy (non-hydrogen) atoms. The third-order valence-corrected chi connectivity index (χ3v) is 5.77. The van der Waals surface area contributed by atoms with Gasteiger partial charge in [-0.1, -0.05) is 17.7 Å². The van der Waals surface area contributed by atoms with E-state index in [0.717, 1.165) is 61.8 Å². The number of ether oxygens (including phenoxy) is 2. The van der Waals surface area contributed by atoms with Gasteiger partial charge < -0.3 is 9.47 Å². The van der Waals surface area contributed by atoms with E-state index in [1.165, 1.54) is 18.4 Å². The van der Waals surface area contributed by atoms with Gasteiger partial charge in [-0.15, -0.1) is 0 Å². The number of hydrogen-bond acceptors (Lipinski definition) is 6. The van der Waals surface area contributed by atoms with Gasteiger partial charge in [-0.05, 0) is 30.9 Å². The van der Waals surface area contributed by atoms with E-state index in [1.807, 2.05) is 18.3 Å². The Hall–Kier alpha value is -2.18. The van der Waals surface area contributed by atoms with Crippen molar-refractivity contribution in [2.75, 3.05) is 27.3 Å². The summed E-state index contributed by atoms with van der Waals surface area (Å²) in [5.74, 6) is 2.04. The molecule has 3 heterocycles. The van der Waals surface area contributed by atoms with Crippen molar-refractivity contribution in [1.29, 1.82) is 0 Å². The molecule has 7 heteroatoms. The van der Waals surface area contributed by atoms with E-state index in [9.17, 15) is 0 Å². The second kappa shape index (κ2) is 8.45. The van der Waals surface area contributed by atoms with Gasteiger partial charge in [0.1, 0.15) is 0 Å². The summed E-state index contributed by atoms with van der Waals surface area (Å²) in [6, 6.07) is 3.90. The van der Waals surface area contributed by atoms with Crippen molar-refractivity contribution in [3.63, 3.8) is 0 Å². The summed E-state index contributed by atoms with van der Waals surface area (Å²) in [6.07, 6.45) is 6.21. The van der Waals surface area contributed by atoms with E-state index in [4.69, 9.17) is 26.1 Å². The average molecular weight is 401 g/mol. The van der Waals surface area contributed by atoms with E-state index >= 15 is 0 Å². The van der Waals surface area contributed by atoms with E-state index in [2.05, 4.69) is 14.9 Å². The first-order valence-electron chi connectivity index (χ1n) is 9.69. The summed E-state index contributed by atoms with van der Waals surface area (Å²) in [6.45, 7) is 3.39. The summed E-state index contributed by atoms with van der Waals surface area (Å²) in [7, 11) is 3.22. The van der Waals surface area contributed by atoms with Crippen LogP contribution < -0.4 is 9.47 Å². The molecule has 2 aliphatic rings. The van der Waals surface area contributed by atoms with Gasteiger partial charge in [-0.3, -0.25) is 9.89 Å². The van der Waals surface area contributed by atoms with E-state index in [0.29, 0.717) is 16.5 Å². The Morgan fingerprint density at radius 3 is 2.79 bits per heavy atom. The zero-order valence-corrected chi connectivity index (χ0v) is 17.1. The molecule has 0 spiro atoms. The second-order valence-corrected chi connectivity index (χ2v) is 7.56. The van der Waals surface area contributed by atoms with Gasteiger partial charge in [0.25, 0.3) is 0 Å². The van der Waals surface area contributed by atoms with Gasteiger partial charge in [-0.2, -0.15) is 0 Å². The van der Waals surface area contributed by atoms with Crippen LogP contribution in [0.1, 0.15) is 41.9 Å². The normalized spacial score (nSPS) is 17.0. The van der Waals surface area contributed by atoms with Crippen LogP contribution in [0.3, 0.4) is 0 Å². The van der Waals surface area contributed by atoms with Crippen molar-refractivity contribution in [2.24, 2.45) is 4.99 Å². The summed E-state index contributed by atoms with van der Waals surface area (Å²) >= 11 is 6.55. The molecule has 2 aliphatic heterocycles. The fourth-order valence-electron chi connectivity index (χ4n) is 3.82. The Bertz CT molecular complexity index is 900. The summed E-state index contributed by atoms with van der Waals surface area (Å²) < 4.78 is 10.7. The van der Waals surface area contributed by atoms with Crippen LogP contribution >= 0.6 is 11.6 Å². The SMILES string of the molecule is COc1ccc(CN2CCc3nc(C4=NCCCC4)ncc3C2)c(Cl)c1OC. The van der Waals surface area contributed by atoms with Crippen molar-refractivity contribution < 1.29 is 9.47 Å². The Balaban J connectivity index is 1.50. The zero-order chi connectivity index (χ0) is 19.5. The van der Waals surface area contributed by atoms with Gasteiger partial charge in [-0.25, -0.2) is 9.97 Å². The lowest BCUT2D eigenvalue weighted by molar-refractivity contribution is 0.242. The third-order valence-electron chi connectivity index (χ3n) is 5.35. The Kier molecular flexibility index (Phi) is 5.78. The van der Waals surface area contributed by atoms with Gasteiger partial charge in [0.15, 0.2) is 17.3 Å². The molecule has 4 rings (SSSR count). The first kappa shape index (κ1) is 19.2. The largest absolute Gasteiger partial charge is 0.493 e. The molecule has 1 aromatic carbocycles. The lowest BCUT2D eigenvalue weighted by Crippen LogP contribution is -2.31. The fourth-order valence-corrected chi connectivity index (χ4v) is 4.11. The highest BCUT2D eigenvalue weighted by atomic mass is 35.5. The Labute approximate surface area is 170 Å². The van der Waals surface area contributed by atoms with Gasteiger partial charge >= 0.3 is 0 Å². The number of aliphatic imine (C=N–C) groups is 1. The lowest BCUT2D eigenvalue weighted by atomic mass is 10.0. The Morgan fingerprint density at radius 2 is 2.04 bits per heavy atom. The number of aromatic nitrogens is 2. The molecule has 0 fully saturated rings. The number of nitrogens with zero attached hydrogens (tertiary/aromatic N) is 4. The van der Waals surface area contributed by atoms with Crippen molar-refractivity contribution >= 4 is 17.3 Å². The third kappa shape index (κ3) is 3.84. The van der Waals surface area contributed by atoms with Crippen molar-refractivity contribution in [3.05, 3.63) is 46.0 Å². The summed E-state index contributed by atoms with van der Waals surface area (Å²) in [5.41, 5.74) is 4.42. The molecule has 0 bridgehead atoms. The van der Waals surface area contributed by atoms with Crippen LogP contribution in [0, 0.1) is 0 Å². The summed E-state index contributed by atoms with van der Waals surface area (Å²) in [5, 5.41) is 0.606. The first-order valence-corrected chi connectivity index (χ1v) is 10.1. The number of rotatable bonds is 5. The minimum absolute atomic E-state index is 0.584. The smallest absolute Gasteiger partial charge is 0.179 e. The molecule has 0 atom stereocenters. The topological polar surface area (TPSA) is 59.8 Å². The zero-order valence-electron chi connectivity index (χ0n) is 16.4. The first-order chi connectivity index (χ1) is 13.7. The van der Waals surface area contributed by atoms with Crippen molar-refractivity contribution in [3.8, 4) is 11.5 Å². The van der Waals surface area contributed by atoms with Crippen LogP contribution in [0.25, 0.3) is 0 Å². The maximum absolute atomic E-state index is 6.55. The number of hydrogen-bond donors (Lipinski definition) is 0. The molecule has 0 saturated heterocycles. The number of benzene rings is 1. The summed E-state index contributed by atoms with van der Waals surface area (Å²) in [4.78, 5) is 16.4. The van der Waals surface area contributed by atoms with E-state index in [1.54, 1.807) is 14.2 Å². The molecule has 0 amide bonds. The number of halogens is 1. The molecule has 0 radical (unpaired) electrons. The Morgan fingerprint density at radius 1 is 1.14 bits per heavy atom. The van der Waals surface area contributed by atoms with Crippen LogP contribution in [-0.4, -0.2) is 47.9 Å². The maximum Gasteiger partial charge on any atom is 0.179 e. The minimum Gasteiger partial charge on any atom is -0.493 e. The molecular formula is C21H25ClN4O2. The standard InChI is InChI=1S/C21H25ClN4O2/c1-27-18-7-6-14(19(22)20(18)28-2)12-26-10-8-16-15(13-26)11-24-21(25-16)17-5-3-4-9-23-17/h6-7,11H,3-5,8-10,12-13H2,1-2H3. The molecule has 2 aromatic rings. The van der Waals surface area contributed by atoms with Crippen LogP contribution in [0.15, 0.2) is 23.3 Å². The van der Waals surface area contributed by atoms with Crippen molar-refractivity contribution in [2.45, 2.75) is 38.8 Å². The molecule has 1 aromatic heterocycles. The quantitative estimate of drug-likeness (QED) is 0.766. The highest BCUT2D eigenvalue weighted by Crippen LogP contribution is 2.38. The highest BCUT2D eigenvalue weighted by Gasteiger charge is 2.22. The second-order valence-electron chi connectivity index (χ2n) is 7.19.